The van der Waals surface area contributed by atoms with Crippen LogP contribution in [0.1, 0.15) is 22.3 Å². The first-order valence-electron chi connectivity index (χ1n) is 8.67. The number of benzene rings is 1. The maximum atomic E-state index is 11.3. The molecule has 1 saturated heterocycles. The molecular formula is C18H26N4O2. The SMILES string of the molecule is NCCn1cc(CCCN2CCNCC2)c2cc(C(=O)O)ccc21. The third-order valence-electron chi connectivity index (χ3n) is 4.71. The van der Waals surface area contributed by atoms with Gasteiger partial charge in [-0.3, -0.25) is 0 Å². The van der Waals surface area contributed by atoms with Crippen molar-refractivity contribution in [2.24, 2.45) is 5.73 Å². The van der Waals surface area contributed by atoms with Crippen LogP contribution in [0.2, 0.25) is 0 Å². The van der Waals surface area contributed by atoms with Gasteiger partial charge in [0.2, 0.25) is 0 Å². The number of piperazine rings is 1. The Hall–Kier alpha value is -1.89. The van der Waals surface area contributed by atoms with Crippen molar-refractivity contribution in [1.29, 1.82) is 0 Å². The fraction of sp³-hybridized carbons (Fsp3) is 0.500. The number of rotatable bonds is 7. The molecule has 0 aliphatic carbocycles. The van der Waals surface area contributed by atoms with Gasteiger partial charge in [0.05, 0.1) is 5.56 Å². The number of aryl methyl sites for hydroxylation is 1. The van der Waals surface area contributed by atoms with Crippen molar-refractivity contribution in [3.63, 3.8) is 0 Å². The van der Waals surface area contributed by atoms with Gasteiger partial charge in [-0.1, -0.05) is 0 Å². The third kappa shape index (κ3) is 3.77. The highest BCUT2D eigenvalue weighted by Gasteiger charge is 2.13. The normalized spacial score (nSPS) is 15.9. The Morgan fingerprint density at radius 3 is 2.75 bits per heavy atom. The molecule has 1 aromatic carbocycles. The monoisotopic (exact) mass is 330 g/mol. The van der Waals surface area contributed by atoms with Gasteiger partial charge in [-0.2, -0.15) is 0 Å². The second-order valence-electron chi connectivity index (χ2n) is 6.37. The largest absolute Gasteiger partial charge is 0.478 e. The molecular weight excluding hydrogens is 304 g/mol. The van der Waals surface area contributed by atoms with E-state index in [-0.39, 0.29) is 0 Å². The molecule has 6 heteroatoms. The number of hydrogen-bond acceptors (Lipinski definition) is 4. The number of carboxylic acid groups (broad SMARTS) is 1. The summed E-state index contributed by atoms with van der Waals surface area (Å²) in [5.74, 6) is -0.879. The molecule has 0 spiro atoms. The van der Waals surface area contributed by atoms with E-state index in [0.717, 1.165) is 63.0 Å². The van der Waals surface area contributed by atoms with Crippen LogP contribution in [0, 0.1) is 0 Å². The Bertz CT molecular complexity index is 704. The summed E-state index contributed by atoms with van der Waals surface area (Å²) in [5.41, 5.74) is 8.34. The first kappa shape index (κ1) is 17.0. The first-order chi connectivity index (χ1) is 11.7. The lowest BCUT2D eigenvalue weighted by molar-refractivity contribution is 0.0697. The minimum atomic E-state index is -0.879. The second kappa shape index (κ2) is 7.79. The van der Waals surface area contributed by atoms with Crippen molar-refractivity contribution < 1.29 is 9.90 Å². The van der Waals surface area contributed by atoms with Crippen LogP contribution in [0.3, 0.4) is 0 Å². The molecule has 0 radical (unpaired) electrons. The lowest BCUT2D eigenvalue weighted by Gasteiger charge is -2.26. The van der Waals surface area contributed by atoms with Crippen LogP contribution in [-0.2, 0) is 13.0 Å². The molecule has 4 N–H and O–H groups in total. The van der Waals surface area contributed by atoms with Crippen molar-refractivity contribution in [3.05, 3.63) is 35.5 Å². The number of fused-ring (bicyclic) bond motifs is 1. The number of nitrogens with two attached hydrogens (primary N) is 1. The average Bonchev–Trinajstić information content (AvgIpc) is 2.93. The third-order valence-corrected chi connectivity index (χ3v) is 4.71. The molecule has 0 amide bonds. The molecule has 1 aliphatic heterocycles. The van der Waals surface area contributed by atoms with Crippen LogP contribution in [-0.4, -0.2) is 59.8 Å². The fourth-order valence-electron chi connectivity index (χ4n) is 3.46. The molecule has 0 saturated carbocycles. The van der Waals surface area contributed by atoms with E-state index in [1.165, 1.54) is 5.56 Å². The quantitative estimate of drug-likeness (QED) is 0.709. The number of hydrogen-bond donors (Lipinski definition) is 3. The predicted molar refractivity (Wildman–Crippen MR) is 95.6 cm³/mol. The number of nitrogens with one attached hydrogen (secondary N) is 1. The number of nitrogens with zero attached hydrogens (tertiary/aromatic N) is 2. The van der Waals surface area contributed by atoms with Gasteiger partial charge >= 0.3 is 5.97 Å². The van der Waals surface area contributed by atoms with E-state index < -0.39 is 5.97 Å². The van der Waals surface area contributed by atoms with Crippen LogP contribution in [0.5, 0.6) is 0 Å². The van der Waals surface area contributed by atoms with E-state index in [1.54, 1.807) is 12.1 Å². The van der Waals surface area contributed by atoms with Gasteiger partial charge in [0.25, 0.3) is 0 Å². The first-order valence-corrected chi connectivity index (χ1v) is 8.67. The summed E-state index contributed by atoms with van der Waals surface area (Å²) < 4.78 is 2.14. The fourth-order valence-corrected chi connectivity index (χ4v) is 3.46. The molecule has 1 fully saturated rings. The zero-order valence-electron chi connectivity index (χ0n) is 14.0. The predicted octanol–water partition coefficient (Wildman–Crippen LogP) is 1.14. The summed E-state index contributed by atoms with van der Waals surface area (Å²) in [7, 11) is 0. The zero-order valence-corrected chi connectivity index (χ0v) is 14.0. The number of carboxylic acids is 1. The maximum absolute atomic E-state index is 11.3. The average molecular weight is 330 g/mol. The van der Waals surface area contributed by atoms with Gasteiger partial charge in [-0.15, -0.1) is 0 Å². The topological polar surface area (TPSA) is 83.5 Å². The van der Waals surface area contributed by atoms with Crippen LogP contribution in [0.4, 0.5) is 0 Å². The smallest absolute Gasteiger partial charge is 0.335 e. The van der Waals surface area contributed by atoms with Crippen molar-refractivity contribution >= 4 is 16.9 Å². The Morgan fingerprint density at radius 1 is 1.25 bits per heavy atom. The molecule has 2 heterocycles. The summed E-state index contributed by atoms with van der Waals surface area (Å²) in [6, 6.07) is 5.36. The Kier molecular flexibility index (Phi) is 5.50. The Labute approximate surface area is 142 Å². The summed E-state index contributed by atoms with van der Waals surface area (Å²) in [6.07, 6.45) is 4.18. The van der Waals surface area contributed by atoms with Gasteiger partial charge in [-0.25, -0.2) is 4.79 Å². The molecule has 24 heavy (non-hydrogen) atoms. The lowest BCUT2D eigenvalue weighted by Crippen LogP contribution is -2.43. The molecule has 0 atom stereocenters. The summed E-state index contributed by atoms with van der Waals surface area (Å²) in [5, 5.41) is 13.7. The van der Waals surface area contributed by atoms with Crippen molar-refractivity contribution in [2.45, 2.75) is 19.4 Å². The van der Waals surface area contributed by atoms with Crippen LogP contribution >= 0.6 is 0 Å². The van der Waals surface area contributed by atoms with Gasteiger partial charge in [-0.05, 0) is 43.1 Å². The summed E-state index contributed by atoms with van der Waals surface area (Å²) in [4.78, 5) is 13.8. The maximum Gasteiger partial charge on any atom is 0.335 e. The van der Waals surface area contributed by atoms with E-state index in [2.05, 4.69) is 21.0 Å². The highest BCUT2D eigenvalue weighted by Crippen LogP contribution is 2.24. The minimum absolute atomic E-state index is 0.344. The van der Waals surface area contributed by atoms with Crippen molar-refractivity contribution in [3.8, 4) is 0 Å². The number of aromatic carboxylic acids is 1. The van der Waals surface area contributed by atoms with Crippen molar-refractivity contribution in [1.82, 2.24) is 14.8 Å². The summed E-state index contributed by atoms with van der Waals surface area (Å²) in [6.45, 7) is 6.76. The molecule has 0 unspecified atom stereocenters. The standard InChI is InChI=1S/C18H26N4O2/c19-5-9-22-13-15(2-1-8-21-10-6-20-7-11-21)16-12-14(18(23)24)3-4-17(16)22/h3-4,12-13,20H,1-2,5-11,19H2,(H,23,24). The second-order valence-corrected chi connectivity index (χ2v) is 6.37. The van der Waals surface area contributed by atoms with Crippen molar-refractivity contribution in [2.75, 3.05) is 39.3 Å². The minimum Gasteiger partial charge on any atom is -0.478 e. The molecule has 1 aliphatic rings. The van der Waals surface area contributed by atoms with Crippen LogP contribution in [0.15, 0.2) is 24.4 Å². The molecule has 0 bridgehead atoms. The van der Waals surface area contributed by atoms with E-state index >= 15 is 0 Å². The molecule has 1 aromatic heterocycles. The number of carbonyl (C=O) groups is 1. The van der Waals surface area contributed by atoms with E-state index in [0.29, 0.717) is 12.1 Å². The van der Waals surface area contributed by atoms with E-state index in [9.17, 15) is 9.90 Å². The highest BCUT2D eigenvalue weighted by atomic mass is 16.4. The molecule has 3 rings (SSSR count). The van der Waals surface area contributed by atoms with Gasteiger partial charge in [0.15, 0.2) is 0 Å². The van der Waals surface area contributed by atoms with E-state index in [1.807, 2.05) is 6.07 Å². The molecule has 2 aromatic rings. The van der Waals surface area contributed by atoms with Crippen LogP contribution in [0.25, 0.3) is 10.9 Å². The molecule has 6 nitrogen and oxygen atoms in total. The number of aromatic nitrogens is 1. The van der Waals surface area contributed by atoms with Gasteiger partial charge < -0.3 is 25.6 Å². The summed E-state index contributed by atoms with van der Waals surface area (Å²) >= 11 is 0. The molecule has 130 valence electrons. The zero-order chi connectivity index (χ0) is 16.9. The van der Waals surface area contributed by atoms with Crippen LogP contribution < -0.4 is 11.1 Å². The lowest BCUT2D eigenvalue weighted by atomic mass is 10.1. The van der Waals surface area contributed by atoms with Gasteiger partial charge in [0.1, 0.15) is 0 Å². The Balaban J connectivity index is 1.77. The van der Waals surface area contributed by atoms with E-state index in [4.69, 9.17) is 5.73 Å². The van der Waals surface area contributed by atoms with Gasteiger partial charge in [0, 0.05) is 56.4 Å². The Morgan fingerprint density at radius 2 is 2.04 bits per heavy atom. The highest BCUT2D eigenvalue weighted by molar-refractivity contribution is 5.95.